The number of hydrogen-bond acceptors (Lipinski definition) is 3. The van der Waals surface area contributed by atoms with Crippen LogP contribution in [0, 0.1) is 5.92 Å². The lowest BCUT2D eigenvalue weighted by Gasteiger charge is -2.28. The standard InChI is InChI=1S/C13H16N2O3/c1-9-11(12(16)15-13(17)14-9)8-18-7-10-5-3-2-4-6-10/h2-6,9,11H,7-8H2,1H3,(H2,14,15,16,17). The van der Waals surface area contributed by atoms with Crippen LogP contribution in [-0.4, -0.2) is 24.6 Å². The number of carbonyl (C=O) groups excluding carboxylic acids is 2. The van der Waals surface area contributed by atoms with Crippen molar-refractivity contribution in [3.05, 3.63) is 35.9 Å². The van der Waals surface area contributed by atoms with Gasteiger partial charge in [-0.15, -0.1) is 0 Å². The van der Waals surface area contributed by atoms with Gasteiger partial charge < -0.3 is 10.1 Å². The zero-order valence-corrected chi connectivity index (χ0v) is 10.2. The molecule has 2 rings (SSSR count). The van der Waals surface area contributed by atoms with Gasteiger partial charge in [0.05, 0.1) is 19.1 Å². The molecule has 1 aliphatic rings. The van der Waals surface area contributed by atoms with Crippen LogP contribution in [0.5, 0.6) is 0 Å². The summed E-state index contributed by atoms with van der Waals surface area (Å²) in [4.78, 5) is 22.6. The molecule has 2 N–H and O–H groups in total. The summed E-state index contributed by atoms with van der Waals surface area (Å²) in [6, 6.07) is 9.10. The molecule has 1 saturated heterocycles. The average Bonchev–Trinajstić information content (AvgIpc) is 2.34. The maximum atomic E-state index is 11.6. The maximum absolute atomic E-state index is 11.6. The van der Waals surface area contributed by atoms with Crippen molar-refractivity contribution in [2.75, 3.05) is 6.61 Å². The molecule has 5 heteroatoms. The molecule has 96 valence electrons. The maximum Gasteiger partial charge on any atom is 0.321 e. The molecule has 0 spiro atoms. The second-order valence-corrected chi connectivity index (χ2v) is 4.36. The Balaban J connectivity index is 1.83. The summed E-state index contributed by atoms with van der Waals surface area (Å²) >= 11 is 0. The number of ether oxygens (including phenoxy) is 1. The van der Waals surface area contributed by atoms with Gasteiger partial charge in [-0.05, 0) is 12.5 Å². The highest BCUT2D eigenvalue weighted by atomic mass is 16.5. The second-order valence-electron chi connectivity index (χ2n) is 4.36. The van der Waals surface area contributed by atoms with Crippen LogP contribution < -0.4 is 10.6 Å². The summed E-state index contributed by atoms with van der Waals surface area (Å²) in [7, 11) is 0. The molecule has 18 heavy (non-hydrogen) atoms. The molecule has 1 heterocycles. The predicted molar refractivity (Wildman–Crippen MR) is 65.7 cm³/mol. The number of benzene rings is 1. The van der Waals surface area contributed by atoms with Crippen molar-refractivity contribution < 1.29 is 14.3 Å². The van der Waals surface area contributed by atoms with E-state index in [-0.39, 0.29) is 17.9 Å². The van der Waals surface area contributed by atoms with Crippen LogP contribution in [0.4, 0.5) is 4.79 Å². The SMILES string of the molecule is CC1NC(=O)NC(=O)C1COCc1ccccc1. The highest BCUT2D eigenvalue weighted by Crippen LogP contribution is 2.10. The minimum atomic E-state index is -0.438. The number of urea groups is 1. The highest BCUT2D eigenvalue weighted by molar-refractivity contribution is 5.98. The first-order valence-corrected chi connectivity index (χ1v) is 5.90. The average molecular weight is 248 g/mol. The van der Waals surface area contributed by atoms with Crippen molar-refractivity contribution in [3.8, 4) is 0 Å². The third-order valence-corrected chi connectivity index (χ3v) is 2.94. The van der Waals surface area contributed by atoms with Gasteiger partial charge in [0.1, 0.15) is 0 Å². The minimum Gasteiger partial charge on any atom is -0.376 e. The van der Waals surface area contributed by atoms with E-state index in [1.54, 1.807) is 6.92 Å². The molecule has 1 aromatic rings. The number of hydrogen-bond donors (Lipinski definition) is 2. The van der Waals surface area contributed by atoms with Crippen molar-refractivity contribution in [1.29, 1.82) is 0 Å². The van der Waals surface area contributed by atoms with Gasteiger partial charge in [-0.1, -0.05) is 30.3 Å². The van der Waals surface area contributed by atoms with Crippen molar-refractivity contribution in [3.63, 3.8) is 0 Å². The fourth-order valence-electron chi connectivity index (χ4n) is 1.87. The number of nitrogens with one attached hydrogen (secondary N) is 2. The fourth-order valence-corrected chi connectivity index (χ4v) is 1.87. The van der Waals surface area contributed by atoms with E-state index in [1.807, 2.05) is 30.3 Å². The molecule has 1 aromatic carbocycles. The van der Waals surface area contributed by atoms with Gasteiger partial charge in [-0.25, -0.2) is 4.79 Å². The Labute approximate surface area is 106 Å². The first kappa shape index (κ1) is 12.6. The summed E-state index contributed by atoms with van der Waals surface area (Å²) in [6.45, 7) is 2.56. The van der Waals surface area contributed by atoms with Gasteiger partial charge in [0, 0.05) is 6.04 Å². The lowest BCUT2D eigenvalue weighted by Crippen LogP contribution is -2.58. The molecular weight excluding hydrogens is 232 g/mol. The van der Waals surface area contributed by atoms with Crippen LogP contribution in [0.15, 0.2) is 30.3 Å². The molecule has 5 nitrogen and oxygen atoms in total. The first-order valence-electron chi connectivity index (χ1n) is 5.90. The van der Waals surface area contributed by atoms with Crippen molar-refractivity contribution in [2.45, 2.75) is 19.6 Å². The Morgan fingerprint density at radius 1 is 1.22 bits per heavy atom. The van der Waals surface area contributed by atoms with Gasteiger partial charge in [-0.3, -0.25) is 10.1 Å². The van der Waals surface area contributed by atoms with Gasteiger partial charge in [0.2, 0.25) is 5.91 Å². The number of amides is 3. The van der Waals surface area contributed by atoms with E-state index in [2.05, 4.69) is 10.6 Å². The largest absolute Gasteiger partial charge is 0.376 e. The van der Waals surface area contributed by atoms with E-state index in [4.69, 9.17) is 4.74 Å². The monoisotopic (exact) mass is 248 g/mol. The van der Waals surface area contributed by atoms with E-state index in [0.29, 0.717) is 13.2 Å². The normalized spacial score (nSPS) is 23.4. The number of imide groups is 1. The zero-order valence-electron chi connectivity index (χ0n) is 10.2. The molecule has 1 fully saturated rings. The lowest BCUT2D eigenvalue weighted by atomic mass is 10.00. The van der Waals surface area contributed by atoms with Crippen molar-refractivity contribution in [2.24, 2.45) is 5.92 Å². The van der Waals surface area contributed by atoms with Crippen LogP contribution in [0.3, 0.4) is 0 Å². The summed E-state index contributed by atoms with van der Waals surface area (Å²) in [5.41, 5.74) is 1.06. The summed E-state index contributed by atoms with van der Waals surface area (Å²) in [6.07, 6.45) is 0. The molecule has 0 saturated carbocycles. The third-order valence-electron chi connectivity index (χ3n) is 2.94. The Bertz CT molecular complexity index is 433. The second kappa shape index (κ2) is 5.64. The zero-order chi connectivity index (χ0) is 13.0. The van der Waals surface area contributed by atoms with Gasteiger partial charge in [0.15, 0.2) is 0 Å². The van der Waals surface area contributed by atoms with Gasteiger partial charge in [0.25, 0.3) is 0 Å². The van der Waals surface area contributed by atoms with Gasteiger partial charge >= 0.3 is 6.03 Å². The molecule has 0 aliphatic carbocycles. The molecule has 0 bridgehead atoms. The van der Waals surface area contributed by atoms with Crippen LogP contribution in [0.2, 0.25) is 0 Å². The molecule has 1 aliphatic heterocycles. The lowest BCUT2D eigenvalue weighted by molar-refractivity contribution is -0.128. The number of carbonyl (C=O) groups is 2. The van der Waals surface area contributed by atoms with E-state index >= 15 is 0 Å². The summed E-state index contributed by atoms with van der Waals surface area (Å²) in [5, 5.41) is 4.90. The summed E-state index contributed by atoms with van der Waals surface area (Å²) < 4.78 is 5.52. The molecule has 0 radical (unpaired) electrons. The van der Waals surface area contributed by atoms with Crippen LogP contribution in [0.25, 0.3) is 0 Å². The summed E-state index contributed by atoms with van der Waals surface area (Å²) in [5.74, 6) is -0.620. The first-order chi connectivity index (χ1) is 8.66. The Morgan fingerprint density at radius 3 is 2.61 bits per heavy atom. The van der Waals surface area contributed by atoms with Crippen molar-refractivity contribution >= 4 is 11.9 Å². The molecule has 2 unspecified atom stereocenters. The van der Waals surface area contributed by atoms with E-state index in [9.17, 15) is 9.59 Å². The third kappa shape index (κ3) is 3.07. The van der Waals surface area contributed by atoms with E-state index < -0.39 is 6.03 Å². The quantitative estimate of drug-likeness (QED) is 0.836. The van der Waals surface area contributed by atoms with E-state index in [0.717, 1.165) is 5.56 Å². The predicted octanol–water partition coefficient (Wildman–Crippen LogP) is 1.05. The van der Waals surface area contributed by atoms with E-state index in [1.165, 1.54) is 0 Å². The van der Waals surface area contributed by atoms with Gasteiger partial charge in [-0.2, -0.15) is 0 Å². The highest BCUT2D eigenvalue weighted by Gasteiger charge is 2.32. The van der Waals surface area contributed by atoms with Crippen LogP contribution >= 0.6 is 0 Å². The molecular formula is C13H16N2O3. The Hall–Kier alpha value is -1.88. The minimum absolute atomic E-state index is 0.206. The Kier molecular flexibility index (Phi) is 3.94. The topological polar surface area (TPSA) is 67.4 Å². The number of rotatable bonds is 4. The molecule has 0 aromatic heterocycles. The van der Waals surface area contributed by atoms with Crippen LogP contribution in [0.1, 0.15) is 12.5 Å². The fraction of sp³-hybridized carbons (Fsp3) is 0.385. The molecule has 2 atom stereocenters. The smallest absolute Gasteiger partial charge is 0.321 e. The Morgan fingerprint density at radius 2 is 1.94 bits per heavy atom. The van der Waals surface area contributed by atoms with Crippen molar-refractivity contribution in [1.82, 2.24) is 10.6 Å². The van der Waals surface area contributed by atoms with Crippen LogP contribution in [-0.2, 0) is 16.1 Å². The molecule has 3 amide bonds.